The smallest absolute Gasteiger partial charge is 0.128 e. The fraction of sp³-hybridized carbons (Fsp3) is 0.643. The van der Waals surface area contributed by atoms with Gasteiger partial charge in [-0.3, -0.25) is 0 Å². The van der Waals surface area contributed by atoms with Gasteiger partial charge in [-0.1, -0.05) is 6.07 Å². The Bertz CT molecular complexity index is 330. The SMILES string of the molecule is CCN(CCOC)c1ccc(CNCCOC)cn1. The molecule has 108 valence electrons. The van der Waals surface area contributed by atoms with Crippen molar-refractivity contribution < 1.29 is 9.47 Å². The molecule has 0 aliphatic heterocycles. The fourth-order valence-electron chi connectivity index (χ4n) is 1.75. The molecule has 1 N–H and O–H groups in total. The van der Waals surface area contributed by atoms with Gasteiger partial charge in [0.1, 0.15) is 5.82 Å². The van der Waals surface area contributed by atoms with E-state index in [4.69, 9.17) is 9.47 Å². The summed E-state index contributed by atoms with van der Waals surface area (Å²) in [4.78, 5) is 6.70. The van der Waals surface area contributed by atoms with Crippen molar-refractivity contribution in [2.45, 2.75) is 13.5 Å². The van der Waals surface area contributed by atoms with Gasteiger partial charge in [0, 0.05) is 46.6 Å². The summed E-state index contributed by atoms with van der Waals surface area (Å²) in [7, 11) is 3.42. The number of nitrogens with zero attached hydrogens (tertiary/aromatic N) is 2. The molecule has 0 spiro atoms. The second-order valence-corrected chi connectivity index (χ2v) is 4.27. The largest absolute Gasteiger partial charge is 0.383 e. The van der Waals surface area contributed by atoms with Gasteiger partial charge in [-0.15, -0.1) is 0 Å². The summed E-state index contributed by atoms with van der Waals surface area (Å²) in [5.74, 6) is 1.00. The summed E-state index contributed by atoms with van der Waals surface area (Å²) in [5, 5.41) is 3.30. The van der Waals surface area contributed by atoms with E-state index < -0.39 is 0 Å². The summed E-state index contributed by atoms with van der Waals surface area (Å²) in [5.41, 5.74) is 1.18. The van der Waals surface area contributed by atoms with Crippen LogP contribution in [0.3, 0.4) is 0 Å². The molecule has 0 fully saturated rings. The molecule has 1 heterocycles. The number of ether oxygens (including phenoxy) is 2. The highest BCUT2D eigenvalue weighted by Gasteiger charge is 2.05. The maximum Gasteiger partial charge on any atom is 0.128 e. The number of pyridine rings is 1. The van der Waals surface area contributed by atoms with Crippen molar-refractivity contribution in [3.63, 3.8) is 0 Å². The van der Waals surface area contributed by atoms with Crippen LogP contribution in [0.1, 0.15) is 12.5 Å². The lowest BCUT2D eigenvalue weighted by Crippen LogP contribution is -2.27. The summed E-state index contributed by atoms with van der Waals surface area (Å²) in [6.07, 6.45) is 1.92. The summed E-state index contributed by atoms with van der Waals surface area (Å²) in [6.45, 7) is 7.04. The molecule has 1 rings (SSSR count). The number of hydrogen-bond acceptors (Lipinski definition) is 5. The third-order valence-corrected chi connectivity index (χ3v) is 2.89. The zero-order valence-corrected chi connectivity index (χ0v) is 12.2. The number of likely N-dealkylation sites (N-methyl/N-ethyl adjacent to an activating group) is 1. The highest BCUT2D eigenvalue weighted by Crippen LogP contribution is 2.10. The minimum absolute atomic E-state index is 0.718. The maximum absolute atomic E-state index is 5.10. The van der Waals surface area contributed by atoms with Crippen LogP contribution >= 0.6 is 0 Å². The average Bonchev–Trinajstić information content (AvgIpc) is 2.46. The lowest BCUT2D eigenvalue weighted by atomic mass is 10.2. The van der Waals surface area contributed by atoms with Crippen LogP contribution in [0.25, 0.3) is 0 Å². The van der Waals surface area contributed by atoms with Gasteiger partial charge in [0.15, 0.2) is 0 Å². The third-order valence-electron chi connectivity index (χ3n) is 2.89. The molecule has 1 aromatic heterocycles. The maximum atomic E-state index is 5.10. The Morgan fingerprint density at radius 2 is 2.00 bits per heavy atom. The number of aromatic nitrogens is 1. The molecule has 0 radical (unpaired) electrons. The number of rotatable bonds is 10. The van der Waals surface area contributed by atoms with Crippen LogP contribution in [0.4, 0.5) is 5.82 Å². The predicted molar refractivity (Wildman–Crippen MR) is 77.6 cm³/mol. The number of methoxy groups -OCH3 is 2. The van der Waals surface area contributed by atoms with Crippen LogP contribution in [0.2, 0.25) is 0 Å². The Labute approximate surface area is 115 Å². The molecule has 19 heavy (non-hydrogen) atoms. The fourth-order valence-corrected chi connectivity index (χ4v) is 1.75. The van der Waals surface area contributed by atoms with Gasteiger partial charge < -0.3 is 19.7 Å². The molecule has 1 aromatic rings. The van der Waals surface area contributed by atoms with E-state index in [1.165, 1.54) is 5.56 Å². The van der Waals surface area contributed by atoms with E-state index in [0.29, 0.717) is 0 Å². The van der Waals surface area contributed by atoms with Crippen molar-refractivity contribution in [3.8, 4) is 0 Å². The Hall–Kier alpha value is -1.17. The van der Waals surface area contributed by atoms with Gasteiger partial charge in [-0.2, -0.15) is 0 Å². The van der Waals surface area contributed by atoms with Gasteiger partial charge in [0.25, 0.3) is 0 Å². The second-order valence-electron chi connectivity index (χ2n) is 4.27. The van der Waals surface area contributed by atoms with Crippen molar-refractivity contribution in [2.24, 2.45) is 0 Å². The summed E-state index contributed by atoms with van der Waals surface area (Å²) < 4.78 is 10.1. The molecule has 0 unspecified atom stereocenters. The quantitative estimate of drug-likeness (QED) is 0.647. The zero-order chi connectivity index (χ0) is 13.9. The van der Waals surface area contributed by atoms with Gasteiger partial charge in [0.05, 0.1) is 13.2 Å². The average molecular weight is 267 g/mol. The van der Waals surface area contributed by atoms with Crippen LogP contribution in [0.5, 0.6) is 0 Å². The monoisotopic (exact) mass is 267 g/mol. The van der Waals surface area contributed by atoms with E-state index in [1.807, 2.05) is 6.20 Å². The zero-order valence-electron chi connectivity index (χ0n) is 12.2. The van der Waals surface area contributed by atoms with Crippen LogP contribution in [-0.4, -0.2) is 52.1 Å². The number of hydrogen-bond donors (Lipinski definition) is 1. The first-order valence-electron chi connectivity index (χ1n) is 6.70. The van der Waals surface area contributed by atoms with E-state index in [-0.39, 0.29) is 0 Å². The Morgan fingerprint density at radius 1 is 1.21 bits per heavy atom. The summed E-state index contributed by atoms with van der Waals surface area (Å²) >= 11 is 0. The molecule has 0 amide bonds. The first-order chi connectivity index (χ1) is 9.31. The van der Waals surface area contributed by atoms with E-state index in [9.17, 15) is 0 Å². The van der Waals surface area contributed by atoms with Gasteiger partial charge >= 0.3 is 0 Å². The van der Waals surface area contributed by atoms with Gasteiger partial charge in [0.2, 0.25) is 0 Å². The normalized spacial score (nSPS) is 10.7. The number of anilines is 1. The molecule has 0 aromatic carbocycles. The highest BCUT2D eigenvalue weighted by atomic mass is 16.5. The Morgan fingerprint density at radius 3 is 2.58 bits per heavy atom. The number of nitrogens with one attached hydrogen (secondary N) is 1. The Balaban J connectivity index is 2.45. The standard InChI is InChI=1S/C14H25N3O2/c1-4-17(8-10-19-3)14-6-5-13(12-16-14)11-15-7-9-18-2/h5-6,12,15H,4,7-11H2,1-3H3. The van der Waals surface area contributed by atoms with Crippen molar-refractivity contribution in [1.82, 2.24) is 10.3 Å². The molecule has 5 nitrogen and oxygen atoms in total. The molecule has 0 saturated heterocycles. The van der Waals surface area contributed by atoms with E-state index in [1.54, 1.807) is 14.2 Å². The van der Waals surface area contributed by atoms with E-state index >= 15 is 0 Å². The first kappa shape index (κ1) is 15.9. The molecule has 0 bridgehead atoms. The second kappa shape index (κ2) is 9.72. The van der Waals surface area contributed by atoms with Crippen LogP contribution in [-0.2, 0) is 16.0 Å². The van der Waals surface area contributed by atoms with Crippen molar-refractivity contribution in [1.29, 1.82) is 0 Å². The van der Waals surface area contributed by atoms with Crippen LogP contribution in [0, 0.1) is 0 Å². The minimum atomic E-state index is 0.718. The predicted octanol–water partition coefficient (Wildman–Crippen LogP) is 1.29. The summed E-state index contributed by atoms with van der Waals surface area (Å²) in [6, 6.07) is 4.17. The highest BCUT2D eigenvalue weighted by molar-refractivity contribution is 5.39. The van der Waals surface area contributed by atoms with Crippen molar-refractivity contribution in [3.05, 3.63) is 23.9 Å². The molecular weight excluding hydrogens is 242 g/mol. The van der Waals surface area contributed by atoms with Crippen LogP contribution < -0.4 is 10.2 Å². The molecule has 0 aliphatic rings. The van der Waals surface area contributed by atoms with Crippen molar-refractivity contribution in [2.75, 3.05) is 52.0 Å². The molecule has 5 heteroatoms. The third kappa shape index (κ3) is 6.00. The van der Waals surface area contributed by atoms with E-state index in [0.717, 1.165) is 45.2 Å². The minimum Gasteiger partial charge on any atom is -0.383 e. The van der Waals surface area contributed by atoms with Gasteiger partial charge in [-0.25, -0.2) is 4.98 Å². The van der Waals surface area contributed by atoms with Crippen LogP contribution in [0.15, 0.2) is 18.3 Å². The van der Waals surface area contributed by atoms with E-state index in [2.05, 4.69) is 34.3 Å². The van der Waals surface area contributed by atoms with Crippen molar-refractivity contribution >= 4 is 5.82 Å². The molecule has 0 aliphatic carbocycles. The molecular formula is C14H25N3O2. The molecule has 0 atom stereocenters. The topological polar surface area (TPSA) is 46.6 Å². The van der Waals surface area contributed by atoms with Gasteiger partial charge in [-0.05, 0) is 18.6 Å². The lowest BCUT2D eigenvalue weighted by molar-refractivity contribution is 0.199. The molecule has 0 saturated carbocycles. The first-order valence-corrected chi connectivity index (χ1v) is 6.70. The Kier molecular flexibility index (Phi) is 8.13. The lowest BCUT2D eigenvalue weighted by Gasteiger charge is -2.21.